The fourth-order valence-corrected chi connectivity index (χ4v) is 3.28. The average molecular weight is 263 g/mol. The highest BCUT2D eigenvalue weighted by Crippen LogP contribution is 2.36. The van der Waals surface area contributed by atoms with E-state index in [4.69, 9.17) is 0 Å². The van der Waals surface area contributed by atoms with Crippen molar-refractivity contribution in [1.29, 1.82) is 0 Å². The second-order valence-corrected chi connectivity index (χ2v) is 5.84. The van der Waals surface area contributed by atoms with Gasteiger partial charge in [-0.2, -0.15) is 5.10 Å². The summed E-state index contributed by atoms with van der Waals surface area (Å²) in [6.45, 7) is 7.70. The Morgan fingerprint density at radius 3 is 2.84 bits per heavy atom. The summed E-state index contributed by atoms with van der Waals surface area (Å²) in [5.74, 6) is 1.51. The molecule has 1 aliphatic carbocycles. The molecule has 1 aliphatic rings. The maximum Gasteiger partial charge on any atom is 0.0524 e. The summed E-state index contributed by atoms with van der Waals surface area (Å²) in [4.78, 5) is 0. The van der Waals surface area contributed by atoms with Crippen molar-refractivity contribution in [2.75, 3.05) is 13.1 Å². The second-order valence-electron chi connectivity index (χ2n) is 5.84. The zero-order valence-corrected chi connectivity index (χ0v) is 12.6. The lowest BCUT2D eigenvalue weighted by Crippen LogP contribution is -2.27. The van der Waals surface area contributed by atoms with E-state index in [1.54, 1.807) is 0 Å². The first-order valence-electron chi connectivity index (χ1n) is 8.08. The first-order chi connectivity index (χ1) is 9.35. The normalized spacial score (nSPS) is 24.3. The topological polar surface area (TPSA) is 29.9 Å². The first kappa shape index (κ1) is 14.6. The number of nitrogens with zero attached hydrogens (tertiary/aromatic N) is 2. The Hall–Kier alpha value is -0.830. The molecule has 108 valence electrons. The van der Waals surface area contributed by atoms with Gasteiger partial charge in [-0.05, 0) is 56.7 Å². The van der Waals surface area contributed by atoms with Crippen molar-refractivity contribution in [3.63, 3.8) is 0 Å². The van der Waals surface area contributed by atoms with E-state index in [1.165, 1.54) is 50.6 Å². The van der Waals surface area contributed by atoms with Crippen molar-refractivity contribution in [3.8, 4) is 0 Å². The monoisotopic (exact) mass is 263 g/mol. The van der Waals surface area contributed by atoms with Crippen molar-refractivity contribution >= 4 is 0 Å². The van der Waals surface area contributed by atoms with E-state index in [0.717, 1.165) is 19.0 Å². The van der Waals surface area contributed by atoms with Gasteiger partial charge in [-0.25, -0.2) is 0 Å². The van der Waals surface area contributed by atoms with Gasteiger partial charge in [0, 0.05) is 12.7 Å². The Bertz CT molecular complexity index is 359. The molecule has 0 bridgehead atoms. The lowest BCUT2D eigenvalue weighted by Gasteiger charge is -2.24. The Morgan fingerprint density at radius 2 is 2.11 bits per heavy atom. The van der Waals surface area contributed by atoms with Crippen LogP contribution in [0.25, 0.3) is 0 Å². The van der Waals surface area contributed by atoms with E-state index < -0.39 is 0 Å². The Kier molecular flexibility index (Phi) is 5.90. The summed E-state index contributed by atoms with van der Waals surface area (Å²) in [6.07, 6.45) is 12.5. The van der Waals surface area contributed by atoms with Crippen molar-refractivity contribution in [3.05, 3.63) is 18.0 Å². The molecule has 1 fully saturated rings. The Morgan fingerprint density at radius 1 is 1.26 bits per heavy atom. The molecule has 3 heteroatoms. The van der Waals surface area contributed by atoms with Gasteiger partial charge in [-0.1, -0.05) is 26.2 Å². The van der Waals surface area contributed by atoms with Gasteiger partial charge in [0.05, 0.1) is 6.20 Å². The zero-order chi connectivity index (χ0) is 13.5. The second kappa shape index (κ2) is 7.68. The highest BCUT2D eigenvalue weighted by atomic mass is 15.3. The summed E-state index contributed by atoms with van der Waals surface area (Å²) >= 11 is 0. The molecule has 0 amide bonds. The first-order valence-corrected chi connectivity index (χ1v) is 8.08. The molecule has 0 aliphatic heterocycles. The van der Waals surface area contributed by atoms with Gasteiger partial charge < -0.3 is 5.32 Å². The maximum atomic E-state index is 4.47. The fourth-order valence-electron chi connectivity index (χ4n) is 3.28. The fraction of sp³-hybridized carbons (Fsp3) is 0.812. The predicted molar refractivity (Wildman–Crippen MR) is 80.4 cm³/mol. The number of nitrogens with one attached hydrogen (secondary N) is 1. The molecule has 0 aromatic carbocycles. The highest BCUT2D eigenvalue weighted by molar-refractivity contribution is 5.13. The zero-order valence-electron chi connectivity index (χ0n) is 12.6. The van der Waals surface area contributed by atoms with Crippen LogP contribution < -0.4 is 5.32 Å². The van der Waals surface area contributed by atoms with Gasteiger partial charge in [0.2, 0.25) is 0 Å². The summed E-state index contributed by atoms with van der Waals surface area (Å²) < 4.78 is 2.07. The van der Waals surface area contributed by atoms with Gasteiger partial charge in [0.1, 0.15) is 0 Å². The van der Waals surface area contributed by atoms with Crippen molar-refractivity contribution in [1.82, 2.24) is 15.1 Å². The summed E-state index contributed by atoms with van der Waals surface area (Å²) in [6, 6.07) is 0. The molecule has 1 heterocycles. The van der Waals surface area contributed by atoms with E-state index in [9.17, 15) is 0 Å². The largest absolute Gasteiger partial charge is 0.316 e. The number of hydrogen-bond acceptors (Lipinski definition) is 2. The molecule has 3 nitrogen and oxygen atoms in total. The van der Waals surface area contributed by atoms with Crippen molar-refractivity contribution in [2.45, 2.75) is 64.8 Å². The number of aryl methyl sites for hydroxylation is 1. The van der Waals surface area contributed by atoms with Gasteiger partial charge >= 0.3 is 0 Å². The third kappa shape index (κ3) is 4.07. The van der Waals surface area contributed by atoms with Crippen LogP contribution in [-0.2, 0) is 6.54 Å². The number of rotatable bonds is 6. The molecule has 0 radical (unpaired) electrons. The molecule has 1 N–H and O–H groups in total. The average Bonchev–Trinajstić information content (AvgIpc) is 2.79. The van der Waals surface area contributed by atoms with Crippen molar-refractivity contribution < 1.29 is 0 Å². The highest BCUT2D eigenvalue weighted by Gasteiger charge is 2.25. The molecule has 2 rings (SSSR count). The van der Waals surface area contributed by atoms with E-state index in [-0.39, 0.29) is 0 Å². The van der Waals surface area contributed by atoms with E-state index in [1.807, 2.05) is 0 Å². The third-order valence-corrected chi connectivity index (χ3v) is 4.40. The number of hydrogen-bond donors (Lipinski definition) is 1. The molecule has 19 heavy (non-hydrogen) atoms. The number of aromatic nitrogens is 2. The molecule has 1 aromatic heterocycles. The van der Waals surface area contributed by atoms with Crippen LogP contribution in [0, 0.1) is 5.92 Å². The van der Waals surface area contributed by atoms with Gasteiger partial charge in [-0.3, -0.25) is 4.68 Å². The third-order valence-electron chi connectivity index (χ3n) is 4.40. The lowest BCUT2D eigenvalue weighted by molar-refractivity contribution is 0.375. The van der Waals surface area contributed by atoms with Crippen LogP contribution in [0.3, 0.4) is 0 Å². The van der Waals surface area contributed by atoms with Gasteiger partial charge in [0.15, 0.2) is 0 Å². The van der Waals surface area contributed by atoms with Crippen LogP contribution >= 0.6 is 0 Å². The van der Waals surface area contributed by atoms with Gasteiger partial charge in [-0.15, -0.1) is 0 Å². The van der Waals surface area contributed by atoms with E-state index in [2.05, 4.69) is 41.3 Å². The molecule has 1 aromatic rings. The standard InChI is InChI=1S/C16H29N3/c1-3-10-17-11-14-8-6-5-7-9-16(14)15-12-18-19(4-2)13-15/h12-14,16-17H,3-11H2,1-2H3. The molecular formula is C16H29N3. The minimum atomic E-state index is 0.715. The summed E-state index contributed by atoms with van der Waals surface area (Å²) in [7, 11) is 0. The van der Waals surface area contributed by atoms with Crippen LogP contribution in [0.15, 0.2) is 12.4 Å². The summed E-state index contributed by atoms with van der Waals surface area (Å²) in [5.41, 5.74) is 1.46. The molecule has 0 spiro atoms. The molecular weight excluding hydrogens is 234 g/mol. The lowest BCUT2D eigenvalue weighted by atomic mass is 9.84. The van der Waals surface area contributed by atoms with Gasteiger partial charge in [0.25, 0.3) is 0 Å². The minimum absolute atomic E-state index is 0.715. The van der Waals surface area contributed by atoms with Crippen LogP contribution in [0.2, 0.25) is 0 Å². The van der Waals surface area contributed by atoms with Crippen molar-refractivity contribution in [2.24, 2.45) is 5.92 Å². The Labute approximate surface area is 117 Å². The predicted octanol–water partition coefficient (Wildman–Crippen LogP) is 3.57. The van der Waals surface area contributed by atoms with E-state index >= 15 is 0 Å². The molecule has 1 saturated carbocycles. The minimum Gasteiger partial charge on any atom is -0.316 e. The summed E-state index contributed by atoms with van der Waals surface area (Å²) in [5, 5.41) is 8.09. The molecule has 2 atom stereocenters. The van der Waals surface area contributed by atoms with Crippen LogP contribution in [0.4, 0.5) is 0 Å². The van der Waals surface area contributed by atoms with Crippen LogP contribution in [-0.4, -0.2) is 22.9 Å². The van der Waals surface area contributed by atoms with Crippen LogP contribution in [0.1, 0.15) is 63.9 Å². The molecule has 2 unspecified atom stereocenters. The SMILES string of the molecule is CCCNCC1CCCCCC1c1cnn(CC)c1. The van der Waals surface area contributed by atoms with E-state index in [0.29, 0.717) is 5.92 Å². The molecule has 0 saturated heterocycles. The quantitative estimate of drug-likeness (QED) is 0.628. The smallest absolute Gasteiger partial charge is 0.0524 e. The maximum absolute atomic E-state index is 4.47. The Balaban J connectivity index is 2.03. The van der Waals surface area contributed by atoms with Crippen LogP contribution in [0.5, 0.6) is 0 Å².